The zero-order chi connectivity index (χ0) is 29.9. The quantitative estimate of drug-likeness (QED) is 0.223. The number of rotatable bonds is 9. The first-order chi connectivity index (χ1) is 20.6. The molecule has 0 radical (unpaired) electrons. The summed E-state index contributed by atoms with van der Waals surface area (Å²) < 4.78 is 57.2. The molecular weight excluding hydrogens is 563 g/mol. The standard InChI is InChI=1S/C32H32F3N3O5/c1-37-15-25(31(39)40)23-9-8-22(12-27(23)37)38-13-20-10-18(11-21(20)14-38)16-41-17-26-29(36-43-30(26)19-6-7-19)24-4-2-3-5-28(24)42-32(33,34)35/h2-5,8-9,12,15,18-21H,6-7,10-11,13-14,16-17H2,1H3,(H,39,40). The van der Waals surface area contributed by atoms with Crippen molar-refractivity contribution >= 4 is 22.6 Å². The molecule has 0 amide bonds. The summed E-state index contributed by atoms with van der Waals surface area (Å²) in [6.07, 6.45) is 0.857. The highest BCUT2D eigenvalue weighted by Crippen LogP contribution is 2.47. The Morgan fingerprint density at radius 1 is 1.12 bits per heavy atom. The molecule has 43 heavy (non-hydrogen) atoms. The number of alkyl halides is 3. The van der Waals surface area contributed by atoms with Gasteiger partial charge in [0.1, 0.15) is 17.2 Å². The fraction of sp³-hybridized carbons (Fsp3) is 0.438. The van der Waals surface area contributed by atoms with Gasteiger partial charge in [-0.05, 0) is 73.8 Å². The molecule has 3 aliphatic rings. The van der Waals surface area contributed by atoms with Crippen molar-refractivity contribution in [2.45, 2.75) is 44.6 Å². The van der Waals surface area contributed by atoms with E-state index in [1.807, 2.05) is 23.7 Å². The third-order valence-corrected chi connectivity index (χ3v) is 9.15. The van der Waals surface area contributed by atoms with Crippen molar-refractivity contribution in [3.63, 3.8) is 0 Å². The van der Waals surface area contributed by atoms with Crippen molar-refractivity contribution < 1.29 is 37.1 Å². The third-order valence-electron chi connectivity index (χ3n) is 9.15. The van der Waals surface area contributed by atoms with E-state index >= 15 is 0 Å². The van der Waals surface area contributed by atoms with E-state index in [4.69, 9.17) is 9.26 Å². The molecule has 4 aromatic rings. The Morgan fingerprint density at radius 3 is 2.56 bits per heavy atom. The van der Waals surface area contributed by atoms with Crippen LogP contribution in [-0.2, 0) is 18.4 Å². The minimum absolute atomic E-state index is 0.220. The van der Waals surface area contributed by atoms with Crippen LogP contribution in [0.2, 0.25) is 0 Å². The van der Waals surface area contributed by atoms with Gasteiger partial charge in [0.05, 0.1) is 17.7 Å². The van der Waals surface area contributed by atoms with Crippen molar-refractivity contribution in [1.82, 2.24) is 9.72 Å². The number of benzene rings is 2. The van der Waals surface area contributed by atoms with Crippen molar-refractivity contribution in [2.75, 3.05) is 24.6 Å². The second-order valence-corrected chi connectivity index (χ2v) is 12.1. The Labute approximate surface area is 246 Å². The Balaban J connectivity index is 0.995. The number of aromatic carboxylic acids is 1. The summed E-state index contributed by atoms with van der Waals surface area (Å²) in [6.45, 7) is 2.68. The van der Waals surface area contributed by atoms with Gasteiger partial charge in [0.15, 0.2) is 0 Å². The first-order valence-electron chi connectivity index (χ1n) is 14.6. The minimum atomic E-state index is -4.82. The monoisotopic (exact) mass is 595 g/mol. The molecule has 2 aliphatic carbocycles. The van der Waals surface area contributed by atoms with Gasteiger partial charge in [0.2, 0.25) is 0 Å². The fourth-order valence-corrected chi connectivity index (χ4v) is 7.05. The van der Waals surface area contributed by atoms with Crippen molar-refractivity contribution in [1.29, 1.82) is 0 Å². The van der Waals surface area contributed by atoms with E-state index in [0.717, 1.165) is 55.4 Å². The average Bonchev–Trinajstić information content (AvgIpc) is 3.25. The first-order valence-corrected chi connectivity index (χ1v) is 14.6. The third kappa shape index (κ3) is 5.46. The smallest absolute Gasteiger partial charge is 0.478 e. The van der Waals surface area contributed by atoms with Gasteiger partial charge in [-0.15, -0.1) is 13.2 Å². The molecule has 2 unspecified atom stereocenters. The second-order valence-electron chi connectivity index (χ2n) is 12.1. The van der Waals surface area contributed by atoms with Crippen LogP contribution in [0, 0.1) is 17.8 Å². The number of para-hydroxylation sites is 1. The summed E-state index contributed by atoms with van der Waals surface area (Å²) in [5.74, 6) is 1.18. The Morgan fingerprint density at radius 2 is 1.86 bits per heavy atom. The topological polar surface area (TPSA) is 90.0 Å². The van der Waals surface area contributed by atoms with E-state index in [1.54, 1.807) is 18.3 Å². The number of carbonyl (C=O) groups is 1. The molecule has 0 spiro atoms. The van der Waals surface area contributed by atoms with E-state index in [2.05, 4.69) is 20.9 Å². The lowest BCUT2D eigenvalue weighted by Gasteiger charge is -2.21. The van der Waals surface area contributed by atoms with Gasteiger partial charge in [-0.1, -0.05) is 17.3 Å². The molecule has 226 valence electrons. The van der Waals surface area contributed by atoms with E-state index in [9.17, 15) is 23.1 Å². The van der Waals surface area contributed by atoms with E-state index in [1.165, 1.54) is 12.1 Å². The van der Waals surface area contributed by atoms with Gasteiger partial charge in [0.25, 0.3) is 0 Å². The van der Waals surface area contributed by atoms with E-state index in [0.29, 0.717) is 46.9 Å². The molecule has 7 rings (SSSR count). The molecule has 2 aromatic carbocycles. The number of halogens is 3. The normalized spacial score (nSPS) is 22.0. The van der Waals surface area contributed by atoms with Gasteiger partial charge in [-0.3, -0.25) is 0 Å². The Kier molecular flexibility index (Phi) is 6.87. The molecule has 1 N–H and O–H groups in total. The zero-order valence-electron chi connectivity index (χ0n) is 23.6. The number of fused-ring (bicyclic) bond motifs is 2. The van der Waals surface area contributed by atoms with Crippen LogP contribution >= 0.6 is 0 Å². The molecule has 1 aliphatic heterocycles. The van der Waals surface area contributed by atoms with Gasteiger partial charge >= 0.3 is 12.3 Å². The molecule has 8 nitrogen and oxygen atoms in total. The summed E-state index contributed by atoms with van der Waals surface area (Å²) in [6, 6.07) is 12.0. The number of carboxylic acid groups (broad SMARTS) is 1. The fourth-order valence-electron chi connectivity index (χ4n) is 7.05. The molecule has 2 aromatic heterocycles. The SMILES string of the molecule is Cn1cc(C(=O)O)c2ccc(N3CC4CC(COCc5c(-c6ccccc6OC(F)(F)F)noc5C5CC5)CC4C3)cc21. The Hall–Kier alpha value is -3.99. The number of anilines is 1. The van der Waals surface area contributed by atoms with Gasteiger partial charge in [0, 0.05) is 61.1 Å². The number of ether oxygens (including phenoxy) is 2. The van der Waals surface area contributed by atoms with Crippen LogP contribution < -0.4 is 9.64 Å². The van der Waals surface area contributed by atoms with E-state index in [-0.39, 0.29) is 23.8 Å². The van der Waals surface area contributed by atoms with Crippen LogP contribution in [0.25, 0.3) is 22.2 Å². The number of nitrogens with zero attached hydrogens (tertiary/aromatic N) is 3. The number of hydrogen-bond donors (Lipinski definition) is 1. The largest absolute Gasteiger partial charge is 0.573 e. The highest BCUT2D eigenvalue weighted by atomic mass is 19.4. The summed E-state index contributed by atoms with van der Waals surface area (Å²) in [5, 5.41) is 14.4. The van der Waals surface area contributed by atoms with Crippen LogP contribution in [0.3, 0.4) is 0 Å². The summed E-state index contributed by atoms with van der Waals surface area (Å²) in [5.41, 5.74) is 3.60. The lowest BCUT2D eigenvalue weighted by molar-refractivity contribution is -0.274. The van der Waals surface area contributed by atoms with Gasteiger partial charge in [-0.2, -0.15) is 0 Å². The molecular formula is C32H32F3N3O5. The maximum atomic E-state index is 13.1. The molecule has 3 fully saturated rings. The number of hydrogen-bond acceptors (Lipinski definition) is 6. The van der Waals surface area contributed by atoms with Crippen LogP contribution in [-0.4, -0.2) is 46.9 Å². The van der Waals surface area contributed by atoms with Crippen molar-refractivity contribution in [3.05, 3.63) is 65.5 Å². The van der Waals surface area contributed by atoms with Gasteiger partial charge in [-0.25, -0.2) is 4.79 Å². The van der Waals surface area contributed by atoms with Crippen LogP contribution in [0.4, 0.5) is 18.9 Å². The highest BCUT2D eigenvalue weighted by molar-refractivity contribution is 6.04. The molecule has 3 heterocycles. The predicted octanol–water partition coefficient (Wildman–Crippen LogP) is 6.99. The maximum absolute atomic E-state index is 13.1. The summed E-state index contributed by atoms with van der Waals surface area (Å²) in [4.78, 5) is 14.0. The van der Waals surface area contributed by atoms with Gasteiger partial charge < -0.3 is 28.6 Å². The minimum Gasteiger partial charge on any atom is -0.478 e. The zero-order valence-corrected chi connectivity index (χ0v) is 23.6. The average molecular weight is 596 g/mol. The lowest BCUT2D eigenvalue weighted by Crippen LogP contribution is -2.22. The molecule has 1 saturated heterocycles. The number of aromatic nitrogens is 2. The van der Waals surface area contributed by atoms with Crippen LogP contribution in [0.1, 0.15) is 53.3 Å². The molecule has 2 saturated carbocycles. The lowest BCUT2D eigenvalue weighted by atomic mass is 10.0. The molecule has 2 atom stereocenters. The van der Waals surface area contributed by atoms with Crippen LogP contribution in [0.5, 0.6) is 5.75 Å². The summed E-state index contributed by atoms with van der Waals surface area (Å²) >= 11 is 0. The highest BCUT2D eigenvalue weighted by Gasteiger charge is 2.41. The molecule has 0 bridgehead atoms. The van der Waals surface area contributed by atoms with Crippen molar-refractivity contribution in [3.8, 4) is 17.0 Å². The second kappa shape index (κ2) is 10.6. The van der Waals surface area contributed by atoms with Crippen LogP contribution in [0.15, 0.2) is 53.2 Å². The predicted molar refractivity (Wildman–Crippen MR) is 152 cm³/mol. The van der Waals surface area contributed by atoms with E-state index < -0.39 is 12.3 Å². The number of aryl methyl sites for hydroxylation is 1. The summed E-state index contributed by atoms with van der Waals surface area (Å²) in [7, 11) is 1.87. The van der Waals surface area contributed by atoms with Crippen molar-refractivity contribution in [2.24, 2.45) is 24.8 Å². The Bertz CT molecular complexity index is 1660. The number of carboxylic acids is 1. The maximum Gasteiger partial charge on any atom is 0.573 e. The molecule has 11 heteroatoms. The first kappa shape index (κ1) is 27.8.